The fourth-order valence-electron chi connectivity index (χ4n) is 5.87. The second-order valence-electron chi connectivity index (χ2n) is 12.3. The molecule has 2 aliphatic heterocycles. The van der Waals surface area contributed by atoms with Crippen LogP contribution in [0.2, 0.25) is 19.6 Å². The van der Waals surface area contributed by atoms with Crippen LogP contribution in [-0.2, 0) is 31.9 Å². The van der Waals surface area contributed by atoms with Crippen molar-refractivity contribution in [2.45, 2.75) is 63.1 Å². The molecule has 2 aliphatic rings. The number of carbonyl (C=O) groups excluding carboxylic acids is 2. The molecule has 0 saturated carbocycles. The fourth-order valence-corrected chi connectivity index (χ4v) is 10.3. The van der Waals surface area contributed by atoms with Gasteiger partial charge in [0.25, 0.3) is 5.69 Å². The number of benzene rings is 1. The van der Waals surface area contributed by atoms with Gasteiger partial charge in [0.1, 0.15) is 12.3 Å². The number of nitro groups is 1. The number of imidazole rings is 1. The van der Waals surface area contributed by atoms with Crippen molar-refractivity contribution in [2.75, 3.05) is 0 Å². The summed E-state index contributed by atoms with van der Waals surface area (Å²) < 4.78 is 14.8. The maximum atomic E-state index is 13.7. The Kier molecular flexibility index (Phi) is 9.04. The van der Waals surface area contributed by atoms with Crippen LogP contribution in [0.1, 0.15) is 24.3 Å². The summed E-state index contributed by atoms with van der Waals surface area (Å²) in [6.07, 6.45) is 5.19. The number of thiophene rings is 1. The molecule has 0 radical (unpaired) electrons. The highest BCUT2D eigenvalue weighted by atomic mass is 32.2. The Labute approximate surface area is 279 Å². The van der Waals surface area contributed by atoms with E-state index < -0.39 is 19.2 Å². The van der Waals surface area contributed by atoms with Gasteiger partial charge in [-0.2, -0.15) is 0 Å². The molecule has 0 N–H and O–H groups in total. The quantitative estimate of drug-likeness (QED) is 0.0517. The molecule has 0 bridgehead atoms. The van der Waals surface area contributed by atoms with Gasteiger partial charge in [-0.05, 0) is 56.4 Å². The van der Waals surface area contributed by atoms with Crippen molar-refractivity contribution in [1.82, 2.24) is 19.4 Å². The lowest BCUT2D eigenvalue weighted by atomic mass is 9.79. The first-order valence-electron chi connectivity index (χ1n) is 14.7. The molecule has 240 valence electrons. The molecule has 46 heavy (non-hydrogen) atoms. The molecule has 4 aromatic rings. The SMILES string of the molecule is C[C@@H](O[Si](C)(C)C)[C@H]1C(=O)N2C(C(=O)OCc3ccc([N+](=O)[O-])cc3)=C(Sc3nc(-c4ccc(Cn5ccnc5)s4)cs3)[C@H](C)[C@H]12. The number of nitrogens with zero attached hydrogens (tertiary/aromatic N) is 5. The highest BCUT2D eigenvalue weighted by Crippen LogP contribution is 2.53. The molecular formula is C31H33N5O6S3Si. The Bertz CT molecular complexity index is 1800. The molecule has 11 nitrogen and oxygen atoms in total. The van der Waals surface area contributed by atoms with Crippen LogP contribution in [0.4, 0.5) is 5.69 Å². The molecule has 4 atom stereocenters. The van der Waals surface area contributed by atoms with E-state index in [1.54, 1.807) is 40.9 Å². The number of ether oxygens (including phenoxy) is 1. The number of amides is 1. The van der Waals surface area contributed by atoms with Gasteiger partial charge in [-0.3, -0.25) is 14.9 Å². The Hall–Kier alpha value is -3.63. The summed E-state index contributed by atoms with van der Waals surface area (Å²) >= 11 is 4.57. The van der Waals surface area contributed by atoms with Crippen molar-refractivity contribution >= 4 is 60.3 Å². The van der Waals surface area contributed by atoms with E-state index in [1.807, 2.05) is 30.0 Å². The lowest BCUT2D eigenvalue weighted by Gasteiger charge is -2.48. The van der Waals surface area contributed by atoms with Crippen molar-refractivity contribution in [2.24, 2.45) is 11.8 Å². The van der Waals surface area contributed by atoms with E-state index in [0.717, 1.165) is 26.4 Å². The van der Waals surface area contributed by atoms with Crippen LogP contribution in [0.3, 0.4) is 0 Å². The van der Waals surface area contributed by atoms with Crippen LogP contribution in [0, 0.1) is 22.0 Å². The molecule has 1 aromatic carbocycles. The maximum Gasteiger partial charge on any atom is 0.356 e. The normalized spacial score (nSPS) is 20.1. The molecule has 3 aromatic heterocycles. The minimum absolute atomic E-state index is 0.0457. The lowest BCUT2D eigenvalue weighted by Crippen LogP contribution is -2.64. The summed E-state index contributed by atoms with van der Waals surface area (Å²) in [5.41, 5.74) is 1.66. The summed E-state index contributed by atoms with van der Waals surface area (Å²) in [4.78, 5) is 51.4. The molecular weight excluding hydrogens is 663 g/mol. The van der Waals surface area contributed by atoms with E-state index in [0.29, 0.717) is 5.56 Å². The van der Waals surface area contributed by atoms with Crippen molar-refractivity contribution in [1.29, 1.82) is 0 Å². The van der Waals surface area contributed by atoms with E-state index in [1.165, 1.54) is 40.1 Å². The molecule has 0 spiro atoms. The van der Waals surface area contributed by atoms with Gasteiger partial charge in [0.2, 0.25) is 5.91 Å². The lowest BCUT2D eigenvalue weighted by molar-refractivity contribution is -0.384. The molecule has 1 saturated heterocycles. The van der Waals surface area contributed by atoms with E-state index in [9.17, 15) is 19.7 Å². The van der Waals surface area contributed by atoms with E-state index in [4.69, 9.17) is 14.1 Å². The molecule has 1 amide bonds. The van der Waals surface area contributed by atoms with E-state index in [-0.39, 0.29) is 47.9 Å². The largest absolute Gasteiger partial charge is 0.456 e. The zero-order chi connectivity index (χ0) is 32.7. The maximum absolute atomic E-state index is 13.7. The number of β-lactam (4-membered cyclic amide) rings is 1. The molecule has 6 rings (SSSR count). The van der Waals surface area contributed by atoms with Gasteiger partial charge in [0.05, 0.1) is 46.4 Å². The first-order chi connectivity index (χ1) is 21.9. The van der Waals surface area contributed by atoms with Crippen LogP contribution >= 0.6 is 34.4 Å². The number of nitro benzene ring substituents is 1. The zero-order valence-corrected chi connectivity index (χ0v) is 29.4. The average molecular weight is 696 g/mol. The third-order valence-electron chi connectivity index (χ3n) is 7.84. The minimum atomic E-state index is -1.92. The Morgan fingerprint density at radius 2 is 1.96 bits per heavy atom. The number of esters is 1. The third-order valence-corrected chi connectivity index (χ3v) is 12.2. The monoisotopic (exact) mass is 695 g/mol. The zero-order valence-electron chi connectivity index (χ0n) is 25.9. The predicted molar refractivity (Wildman–Crippen MR) is 180 cm³/mol. The topological polar surface area (TPSA) is 130 Å². The first kappa shape index (κ1) is 32.3. The second kappa shape index (κ2) is 12.9. The minimum Gasteiger partial charge on any atom is -0.456 e. The van der Waals surface area contributed by atoms with Crippen molar-refractivity contribution < 1.29 is 23.7 Å². The Morgan fingerprint density at radius 1 is 1.20 bits per heavy atom. The van der Waals surface area contributed by atoms with Gasteiger partial charge in [-0.15, -0.1) is 22.7 Å². The number of rotatable bonds is 12. The number of thioether (sulfide) groups is 1. The van der Waals surface area contributed by atoms with Crippen molar-refractivity contribution in [3.63, 3.8) is 0 Å². The van der Waals surface area contributed by atoms with Crippen LogP contribution in [0.5, 0.6) is 0 Å². The number of hydrogen-bond donors (Lipinski definition) is 0. The second-order valence-corrected chi connectivity index (χ2v) is 20.0. The fraction of sp³-hybridized carbons (Fsp3) is 0.355. The van der Waals surface area contributed by atoms with Crippen LogP contribution in [0.15, 0.2) is 75.4 Å². The molecule has 15 heteroatoms. The number of non-ortho nitro benzene ring substituents is 1. The average Bonchev–Trinajstić information content (AvgIpc) is 3.80. The molecule has 5 heterocycles. The highest BCUT2D eigenvalue weighted by Gasteiger charge is 2.61. The summed E-state index contributed by atoms with van der Waals surface area (Å²) in [6.45, 7) is 10.9. The highest BCUT2D eigenvalue weighted by molar-refractivity contribution is 8.04. The predicted octanol–water partition coefficient (Wildman–Crippen LogP) is 6.79. The van der Waals surface area contributed by atoms with E-state index in [2.05, 4.69) is 36.8 Å². The van der Waals surface area contributed by atoms with Gasteiger partial charge < -0.3 is 18.6 Å². The smallest absolute Gasteiger partial charge is 0.356 e. The molecule has 0 aliphatic carbocycles. The van der Waals surface area contributed by atoms with Crippen molar-refractivity contribution in [3.05, 3.63) is 91.7 Å². The van der Waals surface area contributed by atoms with Gasteiger partial charge >= 0.3 is 5.97 Å². The Balaban J connectivity index is 1.24. The number of aromatic nitrogens is 3. The number of carbonyl (C=O) groups is 2. The third kappa shape index (κ3) is 6.60. The van der Waals surface area contributed by atoms with Gasteiger partial charge in [0.15, 0.2) is 12.7 Å². The summed E-state index contributed by atoms with van der Waals surface area (Å²) in [6, 6.07) is 9.77. The van der Waals surface area contributed by atoms with Gasteiger partial charge in [0, 0.05) is 45.6 Å². The van der Waals surface area contributed by atoms with E-state index >= 15 is 0 Å². The summed E-state index contributed by atoms with van der Waals surface area (Å²) in [7, 11) is -1.92. The van der Waals surface area contributed by atoms with Crippen LogP contribution in [0.25, 0.3) is 10.6 Å². The first-order valence-corrected chi connectivity index (χ1v) is 20.7. The molecule has 0 unspecified atom stereocenters. The number of fused-ring (bicyclic) bond motifs is 1. The van der Waals surface area contributed by atoms with Gasteiger partial charge in [-0.25, -0.2) is 14.8 Å². The number of hydrogen-bond acceptors (Lipinski definition) is 11. The number of thiazole rings is 1. The molecule has 1 fully saturated rings. The van der Waals surface area contributed by atoms with Crippen LogP contribution < -0.4 is 0 Å². The van der Waals surface area contributed by atoms with Crippen molar-refractivity contribution in [3.8, 4) is 10.6 Å². The summed E-state index contributed by atoms with van der Waals surface area (Å²) in [5.74, 6) is -1.27. The Morgan fingerprint density at radius 3 is 2.63 bits per heavy atom. The van der Waals surface area contributed by atoms with Crippen LogP contribution in [-0.4, -0.2) is 56.7 Å². The summed E-state index contributed by atoms with van der Waals surface area (Å²) in [5, 5.41) is 13.0. The van der Waals surface area contributed by atoms with Gasteiger partial charge in [-0.1, -0.05) is 18.7 Å². The standard InChI is InChI=1S/C31H33N5O6S3Si/c1-18-26-25(19(2)42-46(3,4)5)29(37)35(26)27(30(38)41-15-20-6-8-21(9-7-20)36(39)40)28(18)45-31-33-23(16-43-31)24-11-10-22(44-24)14-34-13-12-32-17-34/h6-13,16-19,25-26H,14-15H2,1-5H3/t18-,19-,25-,26-/m1/s1.